The van der Waals surface area contributed by atoms with Crippen LogP contribution in [0.5, 0.6) is 0 Å². The Morgan fingerprint density at radius 3 is 2.37 bits per heavy atom. The SMILES string of the molecule is C[N+]1([O-])CCN(c2cc3c(cc2F)c(=O)c(C(=O)O)cn3-c2ccc(F)cc2)CC1. The van der Waals surface area contributed by atoms with E-state index in [0.717, 1.165) is 12.3 Å². The number of piperazine rings is 1. The van der Waals surface area contributed by atoms with Crippen LogP contribution >= 0.6 is 0 Å². The monoisotopic (exact) mass is 415 g/mol. The molecule has 1 saturated heterocycles. The number of carboxylic acid groups (broad SMARTS) is 1. The van der Waals surface area contributed by atoms with Crippen molar-refractivity contribution in [1.29, 1.82) is 0 Å². The minimum Gasteiger partial charge on any atom is -0.633 e. The van der Waals surface area contributed by atoms with Crippen LogP contribution < -0.4 is 10.3 Å². The van der Waals surface area contributed by atoms with Gasteiger partial charge >= 0.3 is 5.97 Å². The molecule has 156 valence electrons. The Morgan fingerprint density at radius 1 is 1.13 bits per heavy atom. The van der Waals surface area contributed by atoms with Crippen molar-refractivity contribution in [2.24, 2.45) is 0 Å². The van der Waals surface area contributed by atoms with E-state index in [4.69, 9.17) is 0 Å². The van der Waals surface area contributed by atoms with Gasteiger partial charge in [0.25, 0.3) is 0 Å². The molecule has 2 aromatic carbocycles. The van der Waals surface area contributed by atoms with Gasteiger partial charge < -0.3 is 24.4 Å². The van der Waals surface area contributed by atoms with Crippen molar-refractivity contribution in [2.45, 2.75) is 0 Å². The van der Waals surface area contributed by atoms with Gasteiger partial charge in [-0.15, -0.1) is 0 Å². The molecule has 0 saturated carbocycles. The number of nitrogens with zero attached hydrogens (tertiary/aromatic N) is 3. The molecule has 2 heterocycles. The van der Waals surface area contributed by atoms with Crippen molar-refractivity contribution in [2.75, 3.05) is 38.1 Å². The number of hydroxylamine groups is 3. The lowest BCUT2D eigenvalue weighted by Gasteiger charge is -2.45. The highest BCUT2D eigenvalue weighted by molar-refractivity contribution is 5.94. The zero-order valence-corrected chi connectivity index (χ0v) is 16.1. The largest absolute Gasteiger partial charge is 0.633 e. The number of aromatic carboxylic acids is 1. The number of likely N-dealkylation sites (N-methyl/N-ethyl adjacent to an activating group) is 1. The highest BCUT2D eigenvalue weighted by Gasteiger charge is 2.25. The van der Waals surface area contributed by atoms with Gasteiger partial charge in [0.1, 0.15) is 17.2 Å². The van der Waals surface area contributed by atoms with E-state index in [1.807, 2.05) is 0 Å². The number of aromatic nitrogens is 1. The van der Waals surface area contributed by atoms with Crippen LogP contribution in [0, 0.1) is 16.8 Å². The Balaban J connectivity index is 1.94. The summed E-state index contributed by atoms with van der Waals surface area (Å²) in [6.07, 6.45) is 1.16. The molecular formula is C21H19F2N3O4. The molecular weight excluding hydrogens is 396 g/mol. The molecule has 0 radical (unpaired) electrons. The number of anilines is 1. The molecule has 0 atom stereocenters. The van der Waals surface area contributed by atoms with Crippen molar-refractivity contribution in [1.82, 2.24) is 4.57 Å². The summed E-state index contributed by atoms with van der Waals surface area (Å²) in [5, 5.41) is 21.4. The van der Waals surface area contributed by atoms with Crippen molar-refractivity contribution >= 4 is 22.6 Å². The summed E-state index contributed by atoms with van der Waals surface area (Å²) < 4.78 is 29.3. The fraction of sp³-hybridized carbons (Fsp3) is 0.238. The highest BCUT2D eigenvalue weighted by atomic mass is 19.1. The van der Waals surface area contributed by atoms with E-state index >= 15 is 0 Å². The topological polar surface area (TPSA) is 85.6 Å². The van der Waals surface area contributed by atoms with E-state index in [0.29, 0.717) is 31.9 Å². The quantitative estimate of drug-likeness (QED) is 0.525. The van der Waals surface area contributed by atoms with Crippen LogP contribution in [0.15, 0.2) is 47.4 Å². The van der Waals surface area contributed by atoms with Crippen molar-refractivity contribution in [3.05, 3.63) is 75.2 Å². The van der Waals surface area contributed by atoms with Crippen LogP contribution in [-0.4, -0.2) is 53.5 Å². The van der Waals surface area contributed by atoms with Crippen LogP contribution in [-0.2, 0) is 0 Å². The molecule has 1 aliphatic heterocycles. The maximum absolute atomic E-state index is 14.9. The fourth-order valence-corrected chi connectivity index (χ4v) is 3.67. The first-order chi connectivity index (χ1) is 14.2. The van der Waals surface area contributed by atoms with Crippen LogP contribution in [0.25, 0.3) is 16.6 Å². The van der Waals surface area contributed by atoms with Crippen LogP contribution in [0.2, 0.25) is 0 Å². The first-order valence-electron chi connectivity index (χ1n) is 9.35. The zero-order chi connectivity index (χ0) is 21.6. The second-order valence-corrected chi connectivity index (χ2v) is 7.58. The van der Waals surface area contributed by atoms with Gasteiger partial charge in [-0.25, -0.2) is 13.6 Å². The van der Waals surface area contributed by atoms with E-state index in [-0.39, 0.29) is 16.6 Å². The summed E-state index contributed by atoms with van der Waals surface area (Å²) >= 11 is 0. The third-order valence-electron chi connectivity index (χ3n) is 5.43. The molecule has 4 rings (SSSR count). The third kappa shape index (κ3) is 3.53. The van der Waals surface area contributed by atoms with E-state index in [2.05, 4.69) is 0 Å². The Kier molecular flexibility index (Phi) is 4.79. The maximum atomic E-state index is 14.9. The van der Waals surface area contributed by atoms with Crippen LogP contribution in [0.3, 0.4) is 0 Å². The molecule has 0 bridgehead atoms. The molecule has 0 amide bonds. The number of rotatable bonds is 3. The molecule has 1 aliphatic rings. The number of fused-ring (bicyclic) bond motifs is 1. The van der Waals surface area contributed by atoms with Gasteiger partial charge in [0.2, 0.25) is 5.43 Å². The van der Waals surface area contributed by atoms with Gasteiger partial charge in [0.15, 0.2) is 0 Å². The second kappa shape index (κ2) is 7.19. The van der Waals surface area contributed by atoms with Gasteiger partial charge in [0, 0.05) is 17.3 Å². The average molecular weight is 415 g/mol. The number of benzene rings is 2. The number of pyridine rings is 1. The van der Waals surface area contributed by atoms with Gasteiger partial charge in [-0.1, -0.05) is 0 Å². The Bertz CT molecular complexity index is 1200. The first-order valence-corrected chi connectivity index (χ1v) is 9.35. The average Bonchev–Trinajstić information content (AvgIpc) is 2.69. The molecule has 7 nitrogen and oxygen atoms in total. The zero-order valence-electron chi connectivity index (χ0n) is 16.1. The fourth-order valence-electron chi connectivity index (χ4n) is 3.67. The Labute approximate surface area is 170 Å². The number of quaternary nitrogens is 1. The highest BCUT2D eigenvalue weighted by Crippen LogP contribution is 2.28. The van der Waals surface area contributed by atoms with E-state index < -0.39 is 33.2 Å². The van der Waals surface area contributed by atoms with E-state index in [1.165, 1.54) is 34.9 Å². The number of carboxylic acids is 1. The molecule has 1 aromatic heterocycles. The normalized spacial score (nSPS) is 16.1. The summed E-state index contributed by atoms with van der Waals surface area (Å²) in [6.45, 7) is 1.27. The molecule has 30 heavy (non-hydrogen) atoms. The van der Waals surface area contributed by atoms with Gasteiger partial charge in [-0.2, -0.15) is 0 Å². The summed E-state index contributed by atoms with van der Waals surface area (Å²) in [5.74, 6) is -2.58. The number of hydrogen-bond acceptors (Lipinski definition) is 4. The van der Waals surface area contributed by atoms with Crippen molar-refractivity contribution in [3.63, 3.8) is 0 Å². The number of halogens is 2. The van der Waals surface area contributed by atoms with E-state index in [9.17, 15) is 28.7 Å². The van der Waals surface area contributed by atoms with Gasteiger partial charge in [-0.3, -0.25) is 4.79 Å². The predicted octanol–water partition coefficient (Wildman–Crippen LogP) is 2.73. The molecule has 0 spiro atoms. The van der Waals surface area contributed by atoms with E-state index in [1.54, 1.807) is 11.9 Å². The smallest absolute Gasteiger partial charge is 0.341 e. The van der Waals surface area contributed by atoms with Crippen LogP contribution in [0.4, 0.5) is 14.5 Å². The van der Waals surface area contributed by atoms with Gasteiger partial charge in [-0.05, 0) is 36.4 Å². The molecule has 3 aromatic rings. The Hall–Kier alpha value is -3.30. The Morgan fingerprint density at radius 2 is 1.77 bits per heavy atom. The second-order valence-electron chi connectivity index (χ2n) is 7.58. The molecule has 0 unspecified atom stereocenters. The van der Waals surface area contributed by atoms with Crippen LogP contribution in [0.1, 0.15) is 10.4 Å². The standard InChI is InChI=1S/C21H19F2N3O4/c1-26(30)8-6-24(7-9-26)19-11-18-15(10-17(19)23)20(27)16(21(28)29)12-25(18)14-4-2-13(22)3-5-14/h2-5,10-12H,6-9H2,1H3,(H,28,29). The number of hydrogen-bond donors (Lipinski definition) is 1. The summed E-state index contributed by atoms with van der Waals surface area (Å²) in [6, 6.07) is 7.80. The summed E-state index contributed by atoms with van der Waals surface area (Å²) in [4.78, 5) is 25.9. The van der Waals surface area contributed by atoms with Crippen molar-refractivity contribution in [3.8, 4) is 5.69 Å². The molecule has 1 N–H and O–H groups in total. The minimum atomic E-state index is -1.44. The van der Waals surface area contributed by atoms with Gasteiger partial charge in [0.05, 0.1) is 44.4 Å². The molecule has 1 fully saturated rings. The first kappa shape index (κ1) is 20.0. The summed E-state index contributed by atoms with van der Waals surface area (Å²) in [7, 11) is 1.56. The summed E-state index contributed by atoms with van der Waals surface area (Å²) in [5.41, 5.74) is -0.387. The number of carbonyl (C=O) groups is 1. The van der Waals surface area contributed by atoms with Crippen molar-refractivity contribution < 1.29 is 23.3 Å². The lowest BCUT2D eigenvalue weighted by molar-refractivity contribution is -0.861. The predicted molar refractivity (Wildman–Crippen MR) is 108 cm³/mol. The third-order valence-corrected chi connectivity index (χ3v) is 5.43. The lowest BCUT2D eigenvalue weighted by atomic mass is 10.1. The molecule has 9 heteroatoms. The maximum Gasteiger partial charge on any atom is 0.341 e. The molecule has 0 aliphatic carbocycles. The lowest BCUT2D eigenvalue weighted by Crippen LogP contribution is -2.54. The minimum absolute atomic E-state index is 0.0954.